The van der Waals surface area contributed by atoms with Gasteiger partial charge in [-0.25, -0.2) is 4.79 Å². The number of nitrogens with one attached hydrogen (secondary N) is 1. The molecule has 1 aromatic heterocycles. The van der Waals surface area contributed by atoms with Crippen LogP contribution in [-0.2, 0) is 18.9 Å². The number of halogens is 1. The van der Waals surface area contributed by atoms with Gasteiger partial charge in [-0.3, -0.25) is 23.5 Å². The maximum absolute atomic E-state index is 15.1. The third kappa shape index (κ3) is 4.19. The molecule has 0 fully saturated rings. The van der Waals surface area contributed by atoms with E-state index in [4.69, 9.17) is 35.3 Å². The van der Waals surface area contributed by atoms with E-state index in [2.05, 4.69) is 5.32 Å². The third-order valence-electron chi connectivity index (χ3n) is 8.96. The molecule has 46 heavy (non-hydrogen) atoms. The van der Waals surface area contributed by atoms with E-state index in [1.54, 1.807) is 32.2 Å². The van der Waals surface area contributed by atoms with E-state index in [1.807, 2.05) is 13.8 Å². The number of rotatable bonds is 6. The molecular weight excluding hydrogens is 618 g/mol. The number of benzene rings is 2. The molecule has 1 aliphatic carbocycles. The van der Waals surface area contributed by atoms with E-state index in [0.29, 0.717) is 22.8 Å². The SMILES string of the molecule is COc1cc(C2C3=C(CC(C)C4(Oc5c(Cl)c(OC)cc(OC)c5C4=O)C3=O)Nc3c2c(=O)n(C)c(=O)n3C)ccc1OC(C)C. The Morgan fingerprint density at radius 1 is 0.935 bits per heavy atom. The van der Waals surface area contributed by atoms with Crippen LogP contribution in [0.1, 0.15) is 54.6 Å². The minimum absolute atomic E-state index is 0.0111. The van der Waals surface area contributed by atoms with Crippen LogP contribution in [0.4, 0.5) is 5.82 Å². The average Bonchev–Trinajstić information content (AvgIpc) is 3.35. The topological polar surface area (TPSA) is 136 Å². The summed E-state index contributed by atoms with van der Waals surface area (Å²) in [7, 11) is 7.23. The Kier molecular flexibility index (Phi) is 7.46. The highest BCUT2D eigenvalue weighted by atomic mass is 35.5. The average molecular weight is 652 g/mol. The van der Waals surface area contributed by atoms with E-state index < -0.39 is 40.3 Å². The number of allylic oxidation sites excluding steroid dienone is 1. The molecule has 0 radical (unpaired) electrons. The van der Waals surface area contributed by atoms with Gasteiger partial charge in [0.05, 0.1) is 33.0 Å². The highest BCUT2D eigenvalue weighted by Gasteiger charge is 2.63. The minimum atomic E-state index is -2.02. The second kappa shape index (κ2) is 11.0. The maximum atomic E-state index is 15.1. The lowest BCUT2D eigenvalue weighted by molar-refractivity contribution is -0.130. The van der Waals surface area contributed by atoms with Gasteiger partial charge in [0.1, 0.15) is 27.9 Å². The summed E-state index contributed by atoms with van der Waals surface area (Å²) in [5.74, 6) is -1.50. The van der Waals surface area contributed by atoms with Crippen LogP contribution in [0.2, 0.25) is 5.02 Å². The van der Waals surface area contributed by atoms with E-state index in [0.717, 1.165) is 4.57 Å². The number of hydrogen-bond acceptors (Lipinski definition) is 10. The fourth-order valence-corrected chi connectivity index (χ4v) is 7.00. The van der Waals surface area contributed by atoms with Crippen molar-refractivity contribution in [3.8, 4) is 28.7 Å². The molecule has 0 saturated heterocycles. The third-order valence-corrected chi connectivity index (χ3v) is 9.32. The summed E-state index contributed by atoms with van der Waals surface area (Å²) in [4.78, 5) is 56.4. The lowest BCUT2D eigenvalue weighted by Crippen LogP contribution is -2.58. The van der Waals surface area contributed by atoms with Gasteiger partial charge in [0, 0.05) is 43.3 Å². The van der Waals surface area contributed by atoms with Gasteiger partial charge in [0.25, 0.3) is 5.56 Å². The molecule has 0 amide bonds. The number of methoxy groups -OCH3 is 3. The summed E-state index contributed by atoms with van der Waals surface area (Å²) < 4.78 is 31.2. The molecule has 3 heterocycles. The summed E-state index contributed by atoms with van der Waals surface area (Å²) in [6, 6.07) is 6.62. The summed E-state index contributed by atoms with van der Waals surface area (Å²) >= 11 is 6.63. The molecule has 3 aromatic rings. The van der Waals surface area contributed by atoms with Gasteiger partial charge in [-0.1, -0.05) is 24.6 Å². The fourth-order valence-electron chi connectivity index (χ4n) is 6.74. The Morgan fingerprint density at radius 2 is 1.61 bits per heavy atom. The van der Waals surface area contributed by atoms with E-state index >= 15 is 4.79 Å². The number of hydrogen-bond donors (Lipinski definition) is 1. The van der Waals surface area contributed by atoms with Crippen LogP contribution in [0.5, 0.6) is 28.7 Å². The maximum Gasteiger partial charge on any atom is 0.332 e. The zero-order valence-electron chi connectivity index (χ0n) is 26.7. The number of ketones is 2. The number of anilines is 1. The Balaban J connectivity index is 1.61. The first-order chi connectivity index (χ1) is 21.8. The van der Waals surface area contributed by atoms with Gasteiger partial charge in [0.2, 0.25) is 17.2 Å². The minimum Gasteiger partial charge on any atom is -0.496 e. The first kappa shape index (κ1) is 31.3. The highest BCUT2D eigenvalue weighted by Crippen LogP contribution is 2.56. The molecule has 6 rings (SSSR count). The van der Waals surface area contributed by atoms with Crippen molar-refractivity contribution >= 4 is 29.0 Å². The highest BCUT2D eigenvalue weighted by molar-refractivity contribution is 6.36. The Labute approximate surface area is 269 Å². The van der Waals surface area contributed by atoms with Crippen molar-refractivity contribution in [2.24, 2.45) is 20.0 Å². The molecule has 1 N–H and O–H groups in total. The largest absolute Gasteiger partial charge is 0.496 e. The number of carbonyl (C=O) groups excluding carboxylic acids is 2. The summed E-state index contributed by atoms with van der Waals surface area (Å²) in [5, 5.41) is 3.24. The Morgan fingerprint density at radius 3 is 2.24 bits per heavy atom. The number of carbonyl (C=O) groups is 2. The zero-order valence-corrected chi connectivity index (χ0v) is 27.5. The number of ether oxygens (including phenoxy) is 5. The van der Waals surface area contributed by atoms with Gasteiger partial charge < -0.3 is 29.0 Å². The molecule has 3 atom stereocenters. The van der Waals surface area contributed by atoms with Crippen molar-refractivity contribution in [2.75, 3.05) is 26.6 Å². The standard InChI is InChI=1S/C33H34ClN3O9/c1-14(2)45-18-10-9-16(12-19(18)42-6)22-23-17(35-30-25(22)31(40)37(5)32(41)36(30)4)11-15(3)33(28(23)38)29(39)24-20(43-7)13-21(44-8)26(34)27(24)46-33/h9-10,12-15,22,35H,11H2,1-8H3. The van der Waals surface area contributed by atoms with Crippen LogP contribution in [0.3, 0.4) is 0 Å². The molecule has 12 nitrogen and oxygen atoms in total. The quantitative estimate of drug-likeness (QED) is 0.390. The first-order valence-electron chi connectivity index (χ1n) is 14.7. The lowest BCUT2D eigenvalue weighted by Gasteiger charge is -2.42. The predicted octanol–water partition coefficient (Wildman–Crippen LogP) is 3.98. The first-order valence-corrected chi connectivity index (χ1v) is 15.1. The van der Waals surface area contributed by atoms with Gasteiger partial charge in [-0.2, -0.15) is 0 Å². The van der Waals surface area contributed by atoms with E-state index in [9.17, 15) is 14.4 Å². The van der Waals surface area contributed by atoms with Crippen molar-refractivity contribution < 1.29 is 33.3 Å². The molecule has 3 aliphatic rings. The summed E-state index contributed by atoms with van der Waals surface area (Å²) in [6.45, 7) is 5.50. The monoisotopic (exact) mass is 651 g/mol. The lowest BCUT2D eigenvalue weighted by atomic mass is 9.66. The van der Waals surface area contributed by atoms with Crippen LogP contribution in [0, 0.1) is 5.92 Å². The van der Waals surface area contributed by atoms with Crippen LogP contribution in [0.15, 0.2) is 45.1 Å². The van der Waals surface area contributed by atoms with E-state index in [1.165, 1.54) is 39.0 Å². The van der Waals surface area contributed by atoms with Crippen LogP contribution >= 0.6 is 11.6 Å². The number of fused-ring (bicyclic) bond motifs is 2. The van der Waals surface area contributed by atoms with Crippen molar-refractivity contribution in [3.05, 3.63) is 78.1 Å². The second-order valence-electron chi connectivity index (χ2n) is 11.9. The molecule has 13 heteroatoms. The number of Topliss-reactive ketones (excluding diaryl/α,β-unsaturated/α-hetero) is 2. The predicted molar refractivity (Wildman–Crippen MR) is 169 cm³/mol. The van der Waals surface area contributed by atoms with Crippen molar-refractivity contribution in [1.29, 1.82) is 0 Å². The van der Waals surface area contributed by atoms with Gasteiger partial charge in [0.15, 0.2) is 17.2 Å². The number of aromatic nitrogens is 2. The van der Waals surface area contributed by atoms with Crippen LogP contribution in [-0.4, -0.2) is 53.7 Å². The summed E-state index contributed by atoms with van der Waals surface area (Å²) in [5.41, 5.74) is -1.83. The van der Waals surface area contributed by atoms with Gasteiger partial charge in [-0.15, -0.1) is 0 Å². The molecule has 3 unspecified atom stereocenters. The Hall–Kier alpha value is -4.71. The second-order valence-corrected chi connectivity index (χ2v) is 12.3. The molecular formula is C33H34ClN3O9. The molecule has 0 bridgehead atoms. The normalized spacial score (nSPS) is 21.4. The van der Waals surface area contributed by atoms with Gasteiger partial charge >= 0.3 is 5.69 Å². The molecule has 2 aliphatic heterocycles. The molecule has 242 valence electrons. The molecule has 1 spiro atoms. The molecule has 0 saturated carbocycles. The van der Waals surface area contributed by atoms with Crippen molar-refractivity contribution in [3.63, 3.8) is 0 Å². The van der Waals surface area contributed by atoms with Crippen molar-refractivity contribution in [2.45, 2.75) is 44.8 Å². The van der Waals surface area contributed by atoms with Crippen LogP contribution in [0.25, 0.3) is 0 Å². The zero-order chi connectivity index (χ0) is 33.4. The van der Waals surface area contributed by atoms with Gasteiger partial charge in [-0.05, 0) is 38.0 Å². The smallest absolute Gasteiger partial charge is 0.332 e. The molecule has 2 aromatic carbocycles. The van der Waals surface area contributed by atoms with Crippen molar-refractivity contribution in [1.82, 2.24) is 9.13 Å². The number of nitrogens with zero attached hydrogens (tertiary/aromatic N) is 2. The Bertz CT molecular complexity index is 1990. The van der Waals surface area contributed by atoms with Crippen LogP contribution < -0.4 is 40.3 Å². The van der Waals surface area contributed by atoms with E-state index in [-0.39, 0.29) is 57.3 Å². The summed E-state index contributed by atoms with van der Waals surface area (Å²) in [6.07, 6.45) is 0.0226. The fraction of sp³-hybridized carbons (Fsp3) is 0.394.